The Morgan fingerprint density at radius 2 is 1.48 bits per heavy atom. The van der Waals surface area contributed by atoms with Crippen molar-refractivity contribution >= 4 is 16.1 Å². The molecule has 5 nitrogen and oxygen atoms in total. The van der Waals surface area contributed by atoms with Gasteiger partial charge < -0.3 is 9.47 Å². The average molecular weight is 331 g/mol. The van der Waals surface area contributed by atoms with E-state index in [9.17, 15) is 8.42 Å². The Morgan fingerprint density at radius 3 is 1.91 bits per heavy atom. The second-order valence-corrected chi connectivity index (χ2v) is 7.21. The number of nitrogens with zero attached hydrogens (tertiary/aromatic N) is 1. The first kappa shape index (κ1) is 15.6. The Balaban J connectivity index is 2.32. The number of ether oxygens (including phenoxy) is 2. The maximum Gasteiger partial charge on any atom is 0.400 e. The number of rotatable bonds is 2. The molecule has 0 amide bonds. The Kier molecular flexibility index (Phi) is 3.85. The number of hydrogen-bond donors (Lipinski definition) is 0. The highest BCUT2D eigenvalue weighted by atomic mass is 32.2. The summed E-state index contributed by atoms with van der Waals surface area (Å²) < 4.78 is 39.7. The van der Waals surface area contributed by atoms with Crippen LogP contribution in [0.15, 0.2) is 65.1 Å². The maximum absolute atomic E-state index is 12.6. The Morgan fingerprint density at radius 1 is 1.00 bits per heavy atom. The summed E-state index contributed by atoms with van der Waals surface area (Å²) in [6, 6.07) is 18.5. The molecule has 1 aliphatic heterocycles. The van der Waals surface area contributed by atoms with Gasteiger partial charge in [-0.3, -0.25) is 0 Å². The first-order valence-corrected chi connectivity index (χ1v) is 8.69. The Labute approximate surface area is 135 Å². The summed E-state index contributed by atoms with van der Waals surface area (Å²) in [6.45, 7) is 1.60. The summed E-state index contributed by atoms with van der Waals surface area (Å²) in [4.78, 5) is 0. The molecule has 0 saturated carbocycles. The lowest BCUT2D eigenvalue weighted by molar-refractivity contribution is 0.0478. The van der Waals surface area contributed by atoms with E-state index in [1.54, 1.807) is 6.92 Å². The molecule has 3 rings (SSSR count). The maximum atomic E-state index is 12.6. The van der Waals surface area contributed by atoms with Gasteiger partial charge in [0, 0.05) is 11.1 Å². The van der Waals surface area contributed by atoms with Crippen LogP contribution in [-0.4, -0.2) is 26.9 Å². The number of hydrogen-bond acceptors (Lipinski definition) is 4. The SMILES string of the molecule is COC1=NS(=O)(=O)[C@H](C)C(c2ccccc2)(c2ccccc2)O1. The number of sulfonamides is 1. The van der Waals surface area contributed by atoms with Crippen LogP contribution in [0.5, 0.6) is 0 Å². The van der Waals surface area contributed by atoms with Crippen molar-refractivity contribution in [3.05, 3.63) is 71.8 Å². The molecule has 0 fully saturated rings. The summed E-state index contributed by atoms with van der Waals surface area (Å²) in [5.74, 6) is 0. The summed E-state index contributed by atoms with van der Waals surface area (Å²) >= 11 is 0. The number of benzene rings is 2. The molecule has 1 heterocycles. The van der Waals surface area contributed by atoms with Crippen molar-refractivity contribution < 1.29 is 17.9 Å². The van der Waals surface area contributed by atoms with Gasteiger partial charge in [0.05, 0.1) is 7.11 Å². The second kappa shape index (κ2) is 5.70. The molecule has 23 heavy (non-hydrogen) atoms. The highest BCUT2D eigenvalue weighted by molar-refractivity contribution is 7.91. The molecule has 1 aliphatic rings. The van der Waals surface area contributed by atoms with Gasteiger partial charge in [-0.1, -0.05) is 65.1 Å². The first-order chi connectivity index (χ1) is 11.0. The van der Waals surface area contributed by atoms with E-state index >= 15 is 0 Å². The van der Waals surface area contributed by atoms with E-state index in [-0.39, 0.29) is 6.08 Å². The smallest absolute Gasteiger partial charge is 0.400 e. The van der Waals surface area contributed by atoms with Crippen LogP contribution in [0.2, 0.25) is 0 Å². The van der Waals surface area contributed by atoms with Crippen LogP contribution in [0.3, 0.4) is 0 Å². The molecule has 1 atom stereocenters. The van der Waals surface area contributed by atoms with Gasteiger partial charge in [0.1, 0.15) is 5.25 Å². The molecule has 6 heteroatoms. The molecule has 0 unspecified atom stereocenters. The average Bonchev–Trinajstić information content (AvgIpc) is 2.59. The van der Waals surface area contributed by atoms with Crippen molar-refractivity contribution in [2.45, 2.75) is 17.8 Å². The highest BCUT2D eigenvalue weighted by Crippen LogP contribution is 2.43. The molecule has 0 spiro atoms. The molecule has 120 valence electrons. The van der Waals surface area contributed by atoms with Gasteiger partial charge in [-0.2, -0.15) is 0 Å². The van der Waals surface area contributed by atoms with Crippen molar-refractivity contribution in [1.82, 2.24) is 0 Å². The van der Waals surface area contributed by atoms with Gasteiger partial charge in [0.25, 0.3) is 10.0 Å². The minimum absolute atomic E-state index is 0.254. The van der Waals surface area contributed by atoms with Gasteiger partial charge >= 0.3 is 6.08 Å². The van der Waals surface area contributed by atoms with Gasteiger partial charge in [0.15, 0.2) is 5.60 Å². The minimum atomic E-state index is -3.79. The zero-order valence-electron chi connectivity index (χ0n) is 12.8. The van der Waals surface area contributed by atoms with E-state index in [4.69, 9.17) is 9.47 Å². The van der Waals surface area contributed by atoms with E-state index in [1.165, 1.54) is 7.11 Å². The Bertz CT molecular complexity index is 777. The Hall–Kier alpha value is -2.34. The predicted molar refractivity (Wildman–Crippen MR) is 87.6 cm³/mol. The fourth-order valence-electron chi connectivity index (χ4n) is 2.84. The van der Waals surface area contributed by atoms with Crippen LogP contribution in [0.4, 0.5) is 0 Å². The molecular weight excluding hydrogens is 314 g/mol. The zero-order chi connectivity index (χ0) is 16.5. The molecule has 0 aliphatic carbocycles. The van der Waals surface area contributed by atoms with E-state index in [1.807, 2.05) is 60.7 Å². The van der Waals surface area contributed by atoms with Crippen LogP contribution in [0.25, 0.3) is 0 Å². The molecule has 0 N–H and O–H groups in total. The van der Waals surface area contributed by atoms with Gasteiger partial charge in [-0.25, -0.2) is 8.42 Å². The second-order valence-electron chi connectivity index (χ2n) is 5.29. The third kappa shape index (κ3) is 2.49. The van der Waals surface area contributed by atoms with Gasteiger partial charge in [-0.15, -0.1) is 0 Å². The molecule has 0 saturated heterocycles. The van der Waals surface area contributed by atoms with E-state index in [0.29, 0.717) is 0 Å². The quantitative estimate of drug-likeness (QED) is 0.849. The standard InChI is InChI=1S/C17H17NO4S/c1-13-17(14-9-5-3-6-10-14,15-11-7-4-8-12-15)22-16(21-2)18-23(13,19)20/h3-13H,1-2H3/t13-/m1/s1. The largest absolute Gasteiger partial charge is 0.453 e. The first-order valence-electron chi connectivity index (χ1n) is 7.18. The monoisotopic (exact) mass is 331 g/mol. The van der Waals surface area contributed by atoms with Crippen LogP contribution >= 0.6 is 0 Å². The zero-order valence-corrected chi connectivity index (χ0v) is 13.7. The fourth-order valence-corrected chi connectivity index (χ4v) is 4.05. The van der Waals surface area contributed by atoms with Crippen LogP contribution in [0, 0.1) is 0 Å². The normalized spacial score (nSPS) is 21.8. The van der Waals surface area contributed by atoms with Gasteiger partial charge in [-0.05, 0) is 6.92 Å². The third-order valence-corrected chi connectivity index (χ3v) is 5.68. The van der Waals surface area contributed by atoms with Crippen molar-refractivity contribution in [3.63, 3.8) is 0 Å². The molecule has 0 radical (unpaired) electrons. The van der Waals surface area contributed by atoms with Crippen LogP contribution in [0.1, 0.15) is 18.1 Å². The highest BCUT2D eigenvalue weighted by Gasteiger charge is 2.53. The lowest BCUT2D eigenvalue weighted by atomic mass is 9.83. The summed E-state index contributed by atoms with van der Waals surface area (Å²) in [5, 5.41) is -0.904. The molecule has 0 bridgehead atoms. The van der Waals surface area contributed by atoms with Crippen LogP contribution < -0.4 is 0 Å². The van der Waals surface area contributed by atoms with E-state index in [2.05, 4.69) is 4.40 Å². The van der Waals surface area contributed by atoms with Crippen LogP contribution in [-0.2, 0) is 25.1 Å². The minimum Gasteiger partial charge on any atom is -0.453 e. The molecule has 2 aromatic rings. The van der Waals surface area contributed by atoms with Gasteiger partial charge in [0.2, 0.25) is 0 Å². The van der Waals surface area contributed by atoms with E-state index in [0.717, 1.165) is 11.1 Å². The summed E-state index contributed by atoms with van der Waals surface area (Å²) in [5.41, 5.74) is 0.243. The lowest BCUT2D eigenvalue weighted by Crippen LogP contribution is -2.50. The fraction of sp³-hybridized carbons (Fsp3) is 0.235. The lowest BCUT2D eigenvalue weighted by Gasteiger charge is -2.40. The van der Waals surface area contributed by atoms with E-state index < -0.39 is 20.9 Å². The molecular formula is C17H17NO4S. The predicted octanol–water partition coefficient (Wildman–Crippen LogP) is 2.68. The van der Waals surface area contributed by atoms with Crippen molar-refractivity contribution in [2.24, 2.45) is 4.40 Å². The summed E-state index contributed by atoms with van der Waals surface area (Å²) in [6.07, 6.45) is -0.254. The van der Waals surface area contributed by atoms with Crippen molar-refractivity contribution in [2.75, 3.05) is 7.11 Å². The topological polar surface area (TPSA) is 65.0 Å². The summed E-state index contributed by atoms with van der Waals surface area (Å²) in [7, 11) is -2.45. The molecule has 0 aromatic heterocycles. The van der Waals surface area contributed by atoms with Crippen molar-refractivity contribution in [1.29, 1.82) is 0 Å². The third-order valence-electron chi connectivity index (χ3n) is 4.05. The molecule has 2 aromatic carbocycles. The number of methoxy groups -OCH3 is 1. The van der Waals surface area contributed by atoms with Crippen molar-refractivity contribution in [3.8, 4) is 0 Å².